The fourth-order valence-electron chi connectivity index (χ4n) is 1.98. The maximum absolute atomic E-state index is 12.2. The first-order valence-electron chi connectivity index (χ1n) is 6.69. The van der Waals surface area contributed by atoms with Crippen LogP contribution in [0, 0.1) is 0 Å². The van der Waals surface area contributed by atoms with Crippen molar-refractivity contribution >= 4 is 21.8 Å². The minimum atomic E-state index is -0.277. The molecule has 0 spiro atoms. The van der Waals surface area contributed by atoms with E-state index >= 15 is 0 Å². The van der Waals surface area contributed by atoms with E-state index in [1.54, 1.807) is 19.2 Å². The Balaban J connectivity index is 2.38. The molecular formula is C16H18BrN3O. The van der Waals surface area contributed by atoms with Crippen molar-refractivity contribution in [3.63, 3.8) is 0 Å². The molecule has 0 aliphatic rings. The van der Waals surface area contributed by atoms with Crippen LogP contribution in [0.2, 0.25) is 0 Å². The van der Waals surface area contributed by atoms with Crippen molar-refractivity contribution in [1.29, 1.82) is 0 Å². The van der Waals surface area contributed by atoms with Crippen molar-refractivity contribution in [2.24, 2.45) is 7.05 Å². The van der Waals surface area contributed by atoms with Crippen LogP contribution >= 0.6 is 15.9 Å². The molecule has 5 heteroatoms. The van der Waals surface area contributed by atoms with Crippen molar-refractivity contribution in [1.82, 2.24) is 14.9 Å². The van der Waals surface area contributed by atoms with E-state index in [0.29, 0.717) is 5.57 Å². The van der Waals surface area contributed by atoms with E-state index < -0.39 is 0 Å². The van der Waals surface area contributed by atoms with E-state index in [9.17, 15) is 4.79 Å². The highest BCUT2D eigenvalue weighted by atomic mass is 79.9. The number of nitrogens with zero attached hydrogens (tertiary/aromatic N) is 2. The number of carbonyl (C=O) groups excluding carboxylic acids is 1. The van der Waals surface area contributed by atoms with Crippen molar-refractivity contribution in [3.05, 3.63) is 64.2 Å². The third-order valence-corrected chi connectivity index (χ3v) is 3.92. The lowest BCUT2D eigenvalue weighted by Crippen LogP contribution is -2.31. The van der Waals surface area contributed by atoms with Crippen LogP contribution in [-0.2, 0) is 11.8 Å². The zero-order valence-corrected chi connectivity index (χ0v) is 13.9. The van der Waals surface area contributed by atoms with Crippen LogP contribution in [0.5, 0.6) is 0 Å². The smallest absolute Gasteiger partial charge is 0.247 e. The van der Waals surface area contributed by atoms with Gasteiger partial charge in [-0.15, -0.1) is 0 Å². The molecular weight excluding hydrogens is 330 g/mol. The summed E-state index contributed by atoms with van der Waals surface area (Å²) in [6.07, 6.45) is 5.40. The average Bonchev–Trinajstić information content (AvgIpc) is 2.90. The Hall–Kier alpha value is -1.88. The van der Waals surface area contributed by atoms with Crippen molar-refractivity contribution in [2.45, 2.75) is 19.9 Å². The summed E-state index contributed by atoms with van der Waals surface area (Å²) in [6.45, 7) is 3.65. The topological polar surface area (TPSA) is 46.9 Å². The van der Waals surface area contributed by atoms with Crippen LogP contribution in [0.1, 0.15) is 31.3 Å². The predicted octanol–water partition coefficient (Wildman–Crippen LogP) is 3.35. The summed E-state index contributed by atoms with van der Waals surface area (Å²) in [4.78, 5) is 16.6. The van der Waals surface area contributed by atoms with E-state index in [4.69, 9.17) is 0 Å². The second-order valence-corrected chi connectivity index (χ2v) is 5.74. The van der Waals surface area contributed by atoms with Crippen LogP contribution in [0.25, 0.3) is 0 Å². The van der Waals surface area contributed by atoms with Gasteiger partial charge in [0.2, 0.25) is 5.91 Å². The number of allylic oxidation sites excluding steroid dienone is 1. The SMILES string of the molecule is C/C=C(\C)C(=O)NC(c1ccc(Br)cc1)c1nccn1C. The number of halogens is 1. The molecule has 2 rings (SSSR count). The van der Waals surface area contributed by atoms with Gasteiger partial charge in [0, 0.05) is 29.5 Å². The van der Waals surface area contributed by atoms with Gasteiger partial charge in [-0.2, -0.15) is 0 Å². The number of aromatic nitrogens is 2. The highest BCUT2D eigenvalue weighted by Gasteiger charge is 2.21. The number of hydrogen-bond donors (Lipinski definition) is 1. The van der Waals surface area contributed by atoms with Crippen LogP contribution in [-0.4, -0.2) is 15.5 Å². The highest BCUT2D eigenvalue weighted by molar-refractivity contribution is 9.10. The van der Waals surface area contributed by atoms with Crippen LogP contribution < -0.4 is 5.32 Å². The summed E-state index contributed by atoms with van der Waals surface area (Å²) >= 11 is 3.43. The molecule has 1 heterocycles. The summed E-state index contributed by atoms with van der Waals surface area (Å²) < 4.78 is 2.92. The molecule has 0 aliphatic heterocycles. The molecule has 1 aromatic carbocycles. The fraction of sp³-hybridized carbons (Fsp3) is 0.250. The molecule has 0 fully saturated rings. The molecule has 0 radical (unpaired) electrons. The number of hydrogen-bond acceptors (Lipinski definition) is 2. The van der Waals surface area contributed by atoms with Crippen molar-refractivity contribution in [3.8, 4) is 0 Å². The van der Waals surface area contributed by atoms with Gasteiger partial charge < -0.3 is 9.88 Å². The summed E-state index contributed by atoms with van der Waals surface area (Å²) in [5, 5.41) is 3.04. The molecule has 0 saturated carbocycles. The molecule has 1 unspecified atom stereocenters. The van der Waals surface area contributed by atoms with Gasteiger partial charge in [0.15, 0.2) is 0 Å². The molecule has 0 saturated heterocycles. The minimum Gasteiger partial charge on any atom is -0.338 e. The molecule has 0 aliphatic carbocycles. The van der Waals surface area contributed by atoms with Gasteiger partial charge in [0.1, 0.15) is 11.9 Å². The Kier molecular flexibility index (Phi) is 4.96. The number of amides is 1. The average molecular weight is 348 g/mol. The Morgan fingerprint density at radius 2 is 2.05 bits per heavy atom. The first kappa shape index (κ1) is 15.5. The molecule has 2 aromatic rings. The lowest BCUT2D eigenvalue weighted by Gasteiger charge is -2.19. The molecule has 0 bridgehead atoms. The van der Waals surface area contributed by atoms with Crippen LogP contribution in [0.3, 0.4) is 0 Å². The summed E-state index contributed by atoms with van der Waals surface area (Å²) in [5.41, 5.74) is 1.68. The Morgan fingerprint density at radius 3 is 2.57 bits per heavy atom. The Bertz CT molecular complexity index is 658. The van der Waals surface area contributed by atoms with E-state index in [1.165, 1.54) is 0 Å². The van der Waals surface area contributed by atoms with Gasteiger partial charge in [0.05, 0.1) is 0 Å². The lowest BCUT2D eigenvalue weighted by molar-refractivity contribution is -0.118. The molecule has 1 amide bonds. The second kappa shape index (κ2) is 6.72. The number of imidazole rings is 1. The number of rotatable bonds is 4. The Labute approximate surface area is 133 Å². The number of aryl methyl sites for hydroxylation is 1. The highest BCUT2D eigenvalue weighted by Crippen LogP contribution is 2.22. The summed E-state index contributed by atoms with van der Waals surface area (Å²) in [7, 11) is 1.92. The monoisotopic (exact) mass is 347 g/mol. The largest absolute Gasteiger partial charge is 0.338 e. The first-order chi connectivity index (χ1) is 10.0. The summed E-state index contributed by atoms with van der Waals surface area (Å²) in [6, 6.07) is 7.60. The first-order valence-corrected chi connectivity index (χ1v) is 7.48. The van der Waals surface area contributed by atoms with Gasteiger partial charge in [-0.25, -0.2) is 4.98 Å². The second-order valence-electron chi connectivity index (χ2n) is 4.83. The van der Waals surface area contributed by atoms with Gasteiger partial charge in [0.25, 0.3) is 0 Å². The quantitative estimate of drug-likeness (QED) is 0.862. The maximum Gasteiger partial charge on any atom is 0.247 e. The number of benzene rings is 1. The molecule has 4 nitrogen and oxygen atoms in total. The van der Waals surface area contributed by atoms with Gasteiger partial charge in [-0.1, -0.05) is 34.1 Å². The number of nitrogens with one attached hydrogen (secondary N) is 1. The third kappa shape index (κ3) is 3.61. The molecule has 21 heavy (non-hydrogen) atoms. The third-order valence-electron chi connectivity index (χ3n) is 3.39. The van der Waals surface area contributed by atoms with Gasteiger partial charge in [-0.3, -0.25) is 4.79 Å². The van der Waals surface area contributed by atoms with E-state index in [2.05, 4.69) is 26.2 Å². The van der Waals surface area contributed by atoms with E-state index in [0.717, 1.165) is 15.9 Å². The van der Waals surface area contributed by atoms with Crippen molar-refractivity contribution in [2.75, 3.05) is 0 Å². The normalized spacial score (nSPS) is 13.0. The Morgan fingerprint density at radius 1 is 1.38 bits per heavy atom. The fourth-order valence-corrected chi connectivity index (χ4v) is 2.25. The zero-order valence-electron chi connectivity index (χ0n) is 12.3. The summed E-state index contributed by atoms with van der Waals surface area (Å²) in [5.74, 6) is 0.711. The van der Waals surface area contributed by atoms with Crippen LogP contribution in [0.15, 0.2) is 52.8 Å². The zero-order chi connectivity index (χ0) is 15.4. The molecule has 1 N–H and O–H groups in total. The maximum atomic E-state index is 12.2. The lowest BCUT2D eigenvalue weighted by atomic mass is 10.1. The molecule has 110 valence electrons. The van der Waals surface area contributed by atoms with Gasteiger partial charge in [-0.05, 0) is 31.5 Å². The van der Waals surface area contributed by atoms with E-state index in [-0.39, 0.29) is 11.9 Å². The standard InChI is InChI=1S/C16H18BrN3O/c1-4-11(2)16(21)19-14(15-18-9-10-20(15)3)12-5-7-13(17)8-6-12/h4-10,14H,1-3H3,(H,19,21)/b11-4+. The van der Waals surface area contributed by atoms with Crippen LogP contribution in [0.4, 0.5) is 0 Å². The molecule has 1 atom stereocenters. The minimum absolute atomic E-state index is 0.0894. The van der Waals surface area contributed by atoms with Crippen molar-refractivity contribution < 1.29 is 4.79 Å². The van der Waals surface area contributed by atoms with E-state index in [1.807, 2.05) is 49.0 Å². The van der Waals surface area contributed by atoms with Gasteiger partial charge >= 0.3 is 0 Å². The predicted molar refractivity (Wildman–Crippen MR) is 86.8 cm³/mol. The number of carbonyl (C=O) groups is 1. The molecule has 1 aromatic heterocycles.